The molecular weight excluding hydrogens is 378 g/mol. The monoisotopic (exact) mass is 399 g/mol. The van der Waals surface area contributed by atoms with E-state index in [-0.39, 0.29) is 5.75 Å². The standard InChI is InChI=1S/C24H21N3O3/c1-2-22(29)27(20-12-14-21(28)15-13-20)23(18-8-10-19(25)11-9-18)24(30)26-16-17-6-4-3-5-7-17/h1,3-15,23,28H,16,25H2,(H,26,30). The summed E-state index contributed by atoms with van der Waals surface area (Å²) in [5.41, 5.74) is 8.16. The molecule has 0 heterocycles. The normalized spacial score (nSPS) is 11.2. The van der Waals surface area contributed by atoms with Gasteiger partial charge in [0.1, 0.15) is 11.8 Å². The van der Waals surface area contributed by atoms with Gasteiger partial charge >= 0.3 is 5.91 Å². The second-order valence-corrected chi connectivity index (χ2v) is 6.61. The summed E-state index contributed by atoms with van der Waals surface area (Å²) in [6, 6.07) is 21.0. The number of benzene rings is 3. The highest BCUT2D eigenvalue weighted by Crippen LogP contribution is 2.29. The first kappa shape index (κ1) is 20.5. The van der Waals surface area contributed by atoms with Crippen LogP contribution in [0.1, 0.15) is 17.2 Å². The number of carbonyl (C=O) groups excluding carboxylic acids is 2. The summed E-state index contributed by atoms with van der Waals surface area (Å²) in [7, 11) is 0. The number of rotatable bonds is 6. The molecule has 0 fully saturated rings. The molecule has 0 aliphatic rings. The van der Waals surface area contributed by atoms with Crippen molar-refractivity contribution in [1.29, 1.82) is 0 Å². The van der Waals surface area contributed by atoms with E-state index in [2.05, 4.69) is 11.2 Å². The summed E-state index contributed by atoms with van der Waals surface area (Å²) < 4.78 is 0. The van der Waals surface area contributed by atoms with Crippen LogP contribution in [0.5, 0.6) is 5.75 Å². The summed E-state index contributed by atoms with van der Waals surface area (Å²) in [6.07, 6.45) is 5.40. The fraction of sp³-hybridized carbons (Fsp3) is 0.0833. The van der Waals surface area contributed by atoms with E-state index in [4.69, 9.17) is 12.2 Å². The van der Waals surface area contributed by atoms with Gasteiger partial charge in [-0.2, -0.15) is 0 Å². The van der Waals surface area contributed by atoms with E-state index < -0.39 is 17.9 Å². The van der Waals surface area contributed by atoms with Gasteiger partial charge in [-0.1, -0.05) is 42.5 Å². The summed E-state index contributed by atoms with van der Waals surface area (Å²) in [4.78, 5) is 27.2. The minimum atomic E-state index is -1.03. The van der Waals surface area contributed by atoms with E-state index in [1.807, 2.05) is 30.3 Å². The average Bonchev–Trinajstić information content (AvgIpc) is 2.77. The Morgan fingerprint density at radius 1 is 1.00 bits per heavy atom. The smallest absolute Gasteiger partial charge is 0.303 e. The van der Waals surface area contributed by atoms with Crippen LogP contribution in [0.4, 0.5) is 11.4 Å². The fourth-order valence-corrected chi connectivity index (χ4v) is 3.04. The first-order chi connectivity index (χ1) is 14.5. The van der Waals surface area contributed by atoms with Gasteiger partial charge in [0.05, 0.1) is 0 Å². The van der Waals surface area contributed by atoms with Gasteiger partial charge in [-0.15, -0.1) is 6.42 Å². The lowest BCUT2D eigenvalue weighted by Crippen LogP contribution is -2.43. The maximum Gasteiger partial charge on any atom is 0.303 e. The van der Waals surface area contributed by atoms with E-state index in [1.54, 1.807) is 24.3 Å². The number of hydrogen-bond donors (Lipinski definition) is 3. The third-order valence-electron chi connectivity index (χ3n) is 4.54. The van der Waals surface area contributed by atoms with Crippen molar-refractivity contribution in [2.75, 3.05) is 10.6 Å². The van der Waals surface area contributed by atoms with E-state index >= 15 is 0 Å². The maximum absolute atomic E-state index is 13.2. The molecule has 0 aromatic heterocycles. The minimum absolute atomic E-state index is 0.0319. The molecule has 0 saturated heterocycles. The van der Waals surface area contributed by atoms with Gasteiger partial charge in [0.25, 0.3) is 0 Å². The van der Waals surface area contributed by atoms with Crippen molar-refractivity contribution < 1.29 is 14.7 Å². The first-order valence-corrected chi connectivity index (χ1v) is 9.25. The molecule has 6 nitrogen and oxygen atoms in total. The van der Waals surface area contributed by atoms with Gasteiger partial charge in [0.15, 0.2) is 0 Å². The van der Waals surface area contributed by atoms with Crippen LogP contribution >= 0.6 is 0 Å². The van der Waals surface area contributed by atoms with Crippen molar-refractivity contribution >= 4 is 23.2 Å². The van der Waals surface area contributed by atoms with Gasteiger partial charge in [-0.25, -0.2) is 0 Å². The van der Waals surface area contributed by atoms with Crippen LogP contribution in [-0.4, -0.2) is 16.9 Å². The molecule has 0 saturated carbocycles. The Morgan fingerprint density at radius 3 is 2.23 bits per heavy atom. The molecule has 0 spiro atoms. The Hall–Kier alpha value is -4.24. The molecule has 150 valence electrons. The number of amides is 2. The molecule has 2 amide bonds. The van der Waals surface area contributed by atoms with Crippen LogP contribution in [0.15, 0.2) is 78.9 Å². The molecule has 4 N–H and O–H groups in total. The van der Waals surface area contributed by atoms with Gasteiger partial charge in [-0.05, 0) is 53.4 Å². The van der Waals surface area contributed by atoms with Crippen LogP contribution in [0, 0.1) is 12.3 Å². The quantitative estimate of drug-likeness (QED) is 0.439. The highest BCUT2D eigenvalue weighted by Gasteiger charge is 2.32. The highest BCUT2D eigenvalue weighted by atomic mass is 16.3. The summed E-state index contributed by atoms with van der Waals surface area (Å²) in [6.45, 7) is 0.290. The van der Waals surface area contributed by atoms with E-state index in [0.29, 0.717) is 23.5 Å². The minimum Gasteiger partial charge on any atom is -0.508 e. The van der Waals surface area contributed by atoms with Crippen molar-refractivity contribution in [1.82, 2.24) is 5.32 Å². The largest absolute Gasteiger partial charge is 0.508 e. The third kappa shape index (κ3) is 4.78. The van der Waals surface area contributed by atoms with Gasteiger partial charge in [0, 0.05) is 17.9 Å². The van der Waals surface area contributed by atoms with Crippen molar-refractivity contribution in [3.05, 3.63) is 90.0 Å². The Labute approximate surface area is 175 Å². The van der Waals surface area contributed by atoms with E-state index in [0.717, 1.165) is 5.56 Å². The summed E-state index contributed by atoms with van der Waals surface area (Å²) in [5.74, 6) is 1.03. The number of aromatic hydroxyl groups is 1. The molecule has 1 atom stereocenters. The first-order valence-electron chi connectivity index (χ1n) is 9.25. The highest BCUT2D eigenvalue weighted by molar-refractivity contribution is 6.09. The second kappa shape index (κ2) is 9.30. The van der Waals surface area contributed by atoms with E-state index in [9.17, 15) is 14.7 Å². The fourth-order valence-electron chi connectivity index (χ4n) is 3.04. The summed E-state index contributed by atoms with van der Waals surface area (Å²) in [5, 5.41) is 12.5. The Morgan fingerprint density at radius 2 is 1.63 bits per heavy atom. The van der Waals surface area contributed by atoms with Crippen LogP contribution in [0.3, 0.4) is 0 Å². The Kier molecular flexibility index (Phi) is 6.36. The lowest BCUT2D eigenvalue weighted by molar-refractivity contribution is -0.125. The number of phenolic OH excluding ortho intramolecular Hbond substituents is 1. The molecule has 3 rings (SSSR count). The number of nitrogens with zero attached hydrogens (tertiary/aromatic N) is 1. The Balaban J connectivity index is 2.00. The number of carbonyl (C=O) groups is 2. The van der Waals surface area contributed by atoms with Gasteiger partial charge in [0.2, 0.25) is 5.91 Å². The predicted octanol–water partition coefficient (Wildman–Crippen LogP) is 3.00. The second-order valence-electron chi connectivity index (χ2n) is 6.61. The topological polar surface area (TPSA) is 95.7 Å². The van der Waals surface area contributed by atoms with Gasteiger partial charge in [-0.3, -0.25) is 14.5 Å². The zero-order chi connectivity index (χ0) is 21.5. The third-order valence-corrected chi connectivity index (χ3v) is 4.54. The van der Waals surface area contributed by atoms with Crippen molar-refractivity contribution in [2.24, 2.45) is 0 Å². The van der Waals surface area contributed by atoms with Crippen molar-refractivity contribution in [3.8, 4) is 18.1 Å². The summed E-state index contributed by atoms with van der Waals surface area (Å²) >= 11 is 0. The lowest BCUT2D eigenvalue weighted by atomic mass is 10.0. The molecule has 6 heteroatoms. The number of terminal acetylenes is 1. The molecule has 0 radical (unpaired) electrons. The predicted molar refractivity (Wildman–Crippen MR) is 116 cm³/mol. The number of phenols is 1. The van der Waals surface area contributed by atoms with Crippen molar-refractivity contribution in [2.45, 2.75) is 12.6 Å². The van der Waals surface area contributed by atoms with Crippen LogP contribution < -0.4 is 16.0 Å². The number of nitrogen functional groups attached to an aromatic ring is 1. The molecule has 0 aliphatic heterocycles. The zero-order valence-corrected chi connectivity index (χ0v) is 16.2. The molecule has 1 unspecified atom stereocenters. The number of anilines is 2. The maximum atomic E-state index is 13.2. The molecule has 0 bridgehead atoms. The number of nitrogens with two attached hydrogens (primary N) is 1. The average molecular weight is 399 g/mol. The SMILES string of the molecule is C#CC(=O)N(c1ccc(O)cc1)C(C(=O)NCc1ccccc1)c1ccc(N)cc1. The van der Waals surface area contributed by atoms with Crippen molar-refractivity contribution in [3.63, 3.8) is 0 Å². The Bertz CT molecular complexity index is 1060. The molecule has 3 aromatic carbocycles. The van der Waals surface area contributed by atoms with E-state index in [1.165, 1.54) is 29.2 Å². The molecule has 3 aromatic rings. The lowest BCUT2D eigenvalue weighted by Gasteiger charge is -2.30. The van der Waals surface area contributed by atoms with Crippen LogP contribution in [-0.2, 0) is 16.1 Å². The molecule has 0 aliphatic carbocycles. The van der Waals surface area contributed by atoms with Gasteiger partial charge < -0.3 is 16.2 Å². The number of hydrogen-bond acceptors (Lipinski definition) is 4. The van der Waals surface area contributed by atoms with Crippen LogP contribution in [0.25, 0.3) is 0 Å². The van der Waals surface area contributed by atoms with Crippen LogP contribution in [0.2, 0.25) is 0 Å². The number of nitrogens with one attached hydrogen (secondary N) is 1. The zero-order valence-electron chi connectivity index (χ0n) is 16.2. The molecular formula is C24H21N3O3. The molecule has 30 heavy (non-hydrogen) atoms.